The van der Waals surface area contributed by atoms with E-state index >= 15 is 0 Å². The maximum atomic E-state index is 13.6. The Hall–Kier alpha value is -2.11. The van der Waals surface area contributed by atoms with Crippen LogP contribution in [0.3, 0.4) is 0 Å². The predicted octanol–water partition coefficient (Wildman–Crippen LogP) is 2.45. The fourth-order valence-corrected chi connectivity index (χ4v) is 2.73. The van der Waals surface area contributed by atoms with Crippen LogP contribution in [0, 0.1) is 5.82 Å². The third-order valence-corrected chi connectivity index (χ3v) is 3.82. The molecule has 0 radical (unpaired) electrons. The topological polar surface area (TPSA) is 66.8 Å². The van der Waals surface area contributed by atoms with Crippen molar-refractivity contribution >= 4 is 11.9 Å². The number of hydrogen-bond donors (Lipinski definition) is 1. The number of hydrogen-bond acceptors (Lipinski definition) is 3. The molecular weight excluding hydrogens is 289 g/mol. The normalized spacial score (nSPS) is 19.0. The van der Waals surface area contributed by atoms with Crippen molar-refractivity contribution in [3.05, 3.63) is 30.1 Å². The zero-order valence-corrected chi connectivity index (χ0v) is 12.5. The first-order chi connectivity index (χ1) is 10.5. The van der Waals surface area contributed by atoms with Crippen molar-refractivity contribution in [1.82, 2.24) is 4.90 Å². The van der Waals surface area contributed by atoms with E-state index < -0.39 is 17.9 Å². The fraction of sp³-hybridized carbons (Fsp3) is 0.500. The average molecular weight is 309 g/mol. The SMILES string of the molecule is CCC(Oc1ccccc1F)C(=O)N1CCCC1CC(=O)O. The molecule has 1 fully saturated rings. The van der Waals surface area contributed by atoms with Crippen molar-refractivity contribution in [2.45, 2.75) is 44.8 Å². The highest BCUT2D eigenvalue weighted by atomic mass is 19.1. The van der Waals surface area contributed by atoms with Crippen LogP contribution in [0.4, 0.5) is 4.39 Å². The highest BCUT2D eigenvalue weighted by Gasteiger charge is 2.34. The lowest BCUT2D eigenvalue weighted by atomic mass is 10.1. The number of benzene rings is 1. The summed E-state index contributed by atoms with van der Waals surface area (Å²) >= 11 is 0. The second-order valence-corrected chi connectivity index (χ2v) is 5.37. The summed E-state index contributed by atoms with van der Waals surface area (Å²) in [5, 5.41) is 8.92. The monoisotopic (exact) mass is 309 g/mol. The van der Waals surface area contributed by atoms with Gasteiger partial charge in [-0.05, 0) is 31.4 Å². The van der Waals surface area contributed by atoms with E-state index in [0.29, 0.717) is 19.4 Å². The number of rotatable bonds is 6. The van der Waals surface area contributed by atoms with Gasteiger partial charge in [0.1, 0.15) is 0 Å². The van der Waals surface area contributed by atoms with Gasteiger partial charge >= 0.3 is 5.97 Å². The Labute approximate surface area is 128 Å². The molecule has 2 rings (SSSR count). The van der Waals surface area contributed by atoms with E-state index in [9.17, 15) is 14.0 Å². The Morgan fingerprint density at radius 1 is 1.45 bits per heavy atom. The molecule has 1 aromatic carbocycles. The fourth-order valence-electron chi connectivity index (χ4n) is 2.73. The molecule has 0 aromatic heterocycles. The van der Waals surface area contributed by atoms with Gasteiger partial charge in [-0.2, -0.15) is 0 Å². The van der Waals surface area contributed by atoms with Crippen LogP contribution in [0.1, 0.15) is 32.6 Å². The van der Waals surface area contributed by atoms with E-state index in [2.05, 4.69) is 0 Å². The molecule has 2 unspecified atom stereocenters. The first kappa shape index (κ1) is 16.3. The Bertz CT molecular complexity index is 549. The lowest BCUT2D eigenvalue weighted by Crippen LogP contribution is -2.45. The number of likely N-dealkylation sites (tertiary alicyclic amines) is 1. The van der Waals surface area contributed by atoms with E-state index in [1.165, 1.54) is 12.1 Å². The van der Waals surface area contributed by atoms with E-state index in [-0.39, 0.29) is 24.1 Å². The molecule has 1 saturated heterocycles. The highest BCUT2D eigenvalue weighted by molar-refractivity contribution is 5.82. The van der Waals surface area contributed by atoms with Crippen LogP contribution in [-0.2, 0) is 9.59 Å². The minimum Gasteiger partial charge on any atom is -0.481 e. The first-order valence-electron chi connectivity index (χ1n) is 7.46. The van der Waals surface area contributed by atoms with Crippen LogP contribution in [0.15, 0.2) is 24.3 Å². The molecule has 1 amide bonds. The Morgan fingerprint density at radius 3 is 2.82 bits per heavy atom. The highest BCUT2D eigenvalue weighted by Crippen LogP contribution is 2.24. The van der Waals surface area contributed by atoms with Crippen LogP contribution >= 0.6 is 0 Å². The molecular formula is C16H20FNO4. The zero-order valence-electron chi connectivity index (χ0n) is 12.5. The molecule has 6 heteroatoms. The minimum absolute atomic E-state index is 0.0386. The quantitative estimate of drug-likeness (QED) is 0.876. The molecule has 1 aliphatic rings. The summed E-state index contributed by atoms with van der Waals surface area (Å²) in [6.07, 6.45) is 0.977. The second kappa shape index (κ2) is 7.24. The van der Waals surface area contributed by atoms with Crippen LogP contribution < -0.4 is 4.74 Å². The van der Waals surface area contributed by atoms with Crippen molar-refractivity contribution in [2.24, 2.45) is 0 Å². The molecule has 1 aromatic rings. The summed E-state index contributed by atoms with van der Waals surface area (Å²) in [6.45, 7) is 2.31. The molecule has 1 heterocycles. The summed E-state index contributed by atoms with van der Waals surface area (Å²) in [5.74, 6) is -1.67. The van der Waals surface area contributed by atoms with Crippen molar-refractivity contribution in [1.29, 1.82) is 0 Å². The average Bonchev–Trinajstić information content (AvgIpc) is 2.93. The number of carboxylic acids is 1. The number of ether oxygens (including phenoxy) is 1. The number of nitrogens with zero attached hydrogens (tertiary/aromatic N) is 1. The van der Waals surface area contributed by atoms with Gasteiger partial charge in [-0.25, -0.2) is 4.39 Å². The third-order valence-electron chi connectivity index (χ3n) is 3.82. The number of para-hydroxylation sites is 1. The summed E-state index contributed by atoms with van der Waals surface area (Å²) < 4.78 is 19.2. The smallest absolute Gasteiger partial charge is 0.305 e. The Kier molecular flexibility index (Phi) is 5.35. The molecule has 2 atom stereocenters. The number of carboxylic acid groups (broad SMARTS) is 1. The van der Waals surface area contributed by atoms with Gasteiger partial charge in [-0.1, -0.05) is 19.1 Å². The number of aliphatic carboxylic acids is 1. The molecule has 1 N–H and O–H groups in total. The summed E-state index contributed by atoms with van der Waals surface area (Å²) in [4.78, 5) is 25.0. The predicted molar refractivity (Wildman–Crippen MR) is 78.1 cm³/mol. The summed E-state index contributed by atoms with van der Waals surface area (Å²) in [6, 6.07) is 5.63. The lowest BCUT2D eigenvalue weighted by Gasteiger charge is -2.28. The van der Waals surface area contributed by atoms with Gasteiger partial charge < -0.3 is 14.7 Å². The molecule has 0 bridgehead atoms. The largest absolute Gasteiger partial charge is 0.481 e. The summed E-state index contributed by atoms with van der Waals surface area (Å²) in [5.41, 5.74) is 0. The maximum absolute atomic E-state index is 13.6. The minimum atomic E-state index is -0.923. The van der Waals surface area contributed by atoms with Gasteiger partial charge in [0.25, 0.3) is 5.91 Å². The number of carbonyl (C=O) groups is 2. The Morgan fingerprint density at radius 2 is 2.18 bits per heavy atom. The van der Waals surface area contributed by atoms with Crippen LogP contribution in [0.25, 0.3) is 0 Å². The standard InChI is InChI=1S/C16H20FNO4/c1-2-13(22-14-8-4-3-7-12(14)17)16(21)18-9-5-6-11(18)10-15(19)20/h3-4,7-8,11,13H,2,5-6,9-10H2,1H3,(H,19,20). The van der Waals surface area contributed by atoms with E-state index in [4.69, 9.17) is 9.84 Å². The number of halogens is 1. The van der Waals surface area contributed by atoms with E-state index in [1.807, 2.05) is 0 Å². The van der Waals surface area contributed by atoms with Crippen molar-refractivity contribution < 1.29 is 23.8 Å². The van der Waals surface area contributed by atoms with Gasteiger partial charge in [-0.3, -0.25) is 9.59 Å². The first-order valence-corrected chi connectivity index (χ1v) is 7.46. The maximum Gasteiger partial charge on any atom is 0.305 e. The summed E-state index contributed by atoms with van der Waals surface area (Å²) in [7, 11) is 0. The van der Waals surface area contributed by atoms with E-state index in [0.717, 1.165) is 6.42 Å². The van der Waals surface area contributed by atoms with Crippen LogP contribution in [0.5, 0.6) is 5.75 Å². The van der Waals surface area contributed by atoms with Crippen molar-refractivity contribution in [3.63, 3.8) is 0 Å². The lowest BCUT2D eigenvalue weighted by molar-refractivity contribution is -0.143. The molecule has 1 aliphatic heterocycles. The van der Waals surface area contributed by atoms with Crippen LogP contribution in [-0.4, -0.2) is 40.6 Å². The molecule has 0 aliphatic carbocycles. The van der Waals surface area contributed by atoms with Gasteiger partial charge in [-0.15, -0.1) is 0 Å². The van der Waals surface area contributed by atoms with Gasteiger partial charge in [0.15, 0.2) is 17.7 Å². The van der Waals surface area contributed by atoms with Crippen LogP contribution in [0.2, 0.25) is 0 Å². The van der Waals surface area contributed by atoms with Crippen molar-refractivity contribution in [2.75, 3.05) is 6.54 Å². The Balaban J connectivity index is 2.08. The zero-order chi connectivity index (χ0) is 16.1. The number of carbonyl (C=O) groups excluding carboxylic acids is 1. The van der Waals surface area contributed by atoms with Gasteiger partial charge in [0, 0.05) is 12.6 Å². The molecule has 22 heavy (non-hydrogen) atoms. The second-order valence-electron chi connectivity index (χ2n) is 5.37. The van der Waals surface area contributed by atoms with Gasteiger partial charge in [0.2, 0.25) is 0 Å². The third kappa shape index (κ3) is 3.75. The molecule has 0 spiro atoms. The molecule has 5 nitrogen and oxygen atoms in total. The number of amides is 1. The molecule has 120 valence electrons. The molecule has 0 saturated carbocycles. The van der Waals surface area contributed by atoms with E-state index in [1.54, 1.807) is 24.0 Å². The van der Waals surface area contributed by atoms with Gasteiger partial charge in [0.05, 0.1) is 6.42 Å². The van der Waals surface area contributed by atoms with Crippen molar-refractivity contribution in [3.8, 4) is 5.75 Å².